The Labute approximate surface area is 127 Å². The number of urea groups is 1. The first kappa shape index (κ1) is 17.7. The Bertz CT molecular complexity index is 495. The van der Waals surface area contributed by atoms with Crippen molar-refractivity contribution in [3.63, 3.8) is 0 Å². The Balaban J connectivity index is 2.73. The highest BCUT2D eigenvalue weighted by Crippen LogP contribution is 2.24. The lowest BCUT2D eigenvalue weighted by Gasteiger charge is -2.25. The molecule has 0 bridgehead atoms. The van der Waals surface area contributed by atoms with E-state index in [9.17, 15) is 18.7 Å². The third-order valence-electron chi connectivity index (χ3n) is 2.66. The van der Waals surface area contributed by atoms with Crippen molar-refractivity contribution in [3.05, 3.63) is 28.8 Å². The van der Waals surface area contributed by atoms with Crippen molar-refractivity contribution in [2.45, 2.75) is 33.2 Å². The van der Waals surface area contributed by atoms with Crippen LogP contribution >= 0.6 is 11.6 Å². The topological polar surface area (TPSA) is 61.4 Å². The Morgan fingerprint density at radius 1 is 1.33 bits per heavy atom. The highest BCUT2D eigenvalue weighted by atomic mass is 35.5. The lowest BCUT2D eigenvalue weighted by Crippen LogP contribution is -2.42. The summed E-state index contributed by atoms with van der Waals surface area (Å²) in [6.07, 6.45) is 0.516. The number of nitrogens with one attached hydrogen (secondary N) is 2. The zero-order valence-electron chi connectivity index (χ0n) is 12.1. The number of rotatable bonds is 4. The fourth-order valence-electron chi connectivity index (χ4n) is 1.90. The smallest absolute Gasteiger partial charge is 0.319 e. The molecule has 2 amide bonds. The van der Waals surface area contributed by atoms with Crippen LogP contribution in [0.15, 0.2) is 12.1 Å². The van der Waals surface area contributed by atoms with Crippen molar-refractivity contribution in [3.8, 4) is 0 Å². The predicted octanol–water partition coefficient (Wildman–Crippen LogP) is 3.54. The predicted molar refractivity (Wildman–Crippen MR) is 78.5 cm³/mol. The lowest BCUT2D eigenvalue weighted by molar-refractivity contribution is 0.196. The highest BCUT2D eigenvalue weighted by Gasteiger charge is 2.21. The summed E-state index contributed by atoms with van der Waals surface area (Å²) in [5, 5.41) is 13.7. The van der Waals surface area contributed by atoms with Gasteiger partial charge < -0.3 is 15.7 Å². The second-order valence-electron chi connectivity index (χ2n) is 5.99. The van der Waals surface area contributed by atoms with Gasteiger partial charge in [-0.25, -0.2) is 13.6 Å². The van der Waals surface area contributed by atoms with Crippen LogP contribution in [0.3, 0.4) is 0 Å². The van der Waals surface area contributed by atoms with E-state index < -0.39 is 29.4 Å². The van der Waals surface area contributed by atoms with E-state index in [-0.39, 0.29) is 17.0 Å². The Morgan fingerprint density at radius 2 is 1.86 bits per heavy atom. The van der Waals surface area contributed by atoms with Crippen LogP contribution in [0.25, 0.3) is 0 Å². The average Bonchev–Trinajstić information content (AvgIpc) is 2.31. The molecule has 1 rings (SSSR count). The molecule has 3 N–H and O–H groups in total. The van der Waals surface area contributed by atoms with E-state index in [4.69, 9.17) is 11.6 Å². The number of amides is 2. The minimum Gasteiger partial charge on any atom is -0.394 e. The summed E-state index contributed by atoms with van der Waals surface area (Å²) in [7, 11) is 0. The van der Waals surface area contributed by atoms with E-state index in [1.807, 2.05) is 20.8 Å². The van der Waals surface area contributed by atoms with Gasteiger partial charge in [-0.2, -0.15) is 0 Å². The number of hydrogen-bond acceptors (Lipinski definition) is 2. The quantitative estimate of drug-likeness (QED) is 0.794. The maximum atomic E-state index is 13.5. The summed E-state index contributed by atoms with van der Waals surface area (Å²) in [4.78, 5) is 11.8. The average molecular weight is 321 g/mol. The first-order chi connectivity index (χ1) is 9.62. The largest absolute Gasteiger partial charge is 0.394 e. The number of benzene rings is 1. The molecule has 0 radical (unpaired) electrons. The molecule has 0 fully saturated rings. The van der Waals surface area contributed by atoms with Gasteiger partial charge in [0.05, 0.1) is 12.6 Å². The van der Waals surface area contributed by atoms with E-state index in [1.165, 1.54) is 0 Å². The number of hydrogen-bond donors (Lipinski definition) is 3. The second kappa shape index (κ2) is 7.04. The van der Waals surface area contributed by atoms with Crippen LogP contribution < -0.4 is 10.6 Å². The van der Waals surface area contributed by atoms with Gasteiger partial charge in [-0.05, 0) is 24.0 Å². The minimum atomic E-state index is -0.966. The van der Waals surface area contributed by atoms with Crippen molar-refractivity contribution in [1.29, 1.82) is 0 Å². The van der Waals surface area contributed by atoms with Gasteiger partial charge in [0.25, 0.3) is 0 Å². The molecule has 0 saturated heterocycles. The molecule has 0 aromatic heterocycles. The third-order valence-corrected chi connectivity index (χ3v) is 2.88. The van der Waals surface area contributed by atoms with E-state index in [1.54, 1.807) is 0 Å². The van der Waals surface area contributed by atoms with Crippen LogP contribution in [0.5, 0.6) is 0 Å². The summed E-state index contributed by atoms with van der Waals surface area (Å²) in [6, 6.07) is 0.500. The minimum absolute atomic E-state index is 0.100. The first-order valence-corrected chi connectivity index (χ1v) is 6.83. The van der Waals surface area contributed by atoms with E-state index in [0.29, 0.717) is 6.42 Å². The molecule has 1 atom stereocenters. The summed E-state index contributed by atoms with van der Waals surface area (Å²) in [5.41, 5.74) is -0.693. The van der Waals surface area contributed by atoms with Crippen molar-refractivity contribution < 1.29 is 18.7 Å². The maximum absolute atomic E-state index is 13.5. The number of anilines is 1. The van der Waals surface area contributed by atoms with Crippen molar-refractivity contribution in [2.75, 3.05) is 11.9 Å². The zero-order chi connectivity index (χ0) is 16.2. The van der Waals surface area contributed by atoms with Crippen LogP contribution in [0.1, 0.15) is 27.2 Å². The van der Waals surface area contributed by atoms with Gasteiger partial charge in [0.1, 0.15) is 5.69 Å². The molecule has 7 heteroatoms. The van der Waals surface area contributed by atoms with Crippen molar-refractivity contribution in [2.24, 2.45) is 5.41 Å². The van der Waals surface area contributed by atoms with Crippen LogP contribution in [-0.4, -0.2) is 23.8 Å². The van der Waals surface area contributed by atoms with Gasteiger partial charge in [0.2, 0.25) is 0 Å². The number of carbonyl (C=O) groups is 1. The molecule has 0 aliphatic carbocycles. The summed E-state index contributed by atoms with van der Waals surface area (Å²) in [5.74, 6) is -1.93. The fraction of sp³-hybridized carbons (Fsp3) is 0.500. The molecule has 0 saturated carbocycles. The monoisotopic (exact) mass is 320 g/mol. The highest BCUT2D eigenvalue weighted by molar-refractivity contribution is 6.30. The SMILES string of the molecule is CC(C)(C)CC(CO)NC(=O)Nc1c(F)cc(Cl)cc1F. The van der Waals surface area contributed by atoms with Crippen LogP contribution in [0.4, 0.5) is 19.3 Å². The standard InChI is InChI=1S/C14H19ClF2N2O2/c1-14(2,3)6-9(7-20)18-13(21)19-12-10(16)4-8(15)5-11(12)17/h4-5,9,20H,6-7H2,1-3H3,(H2,18,19,21). The van der Waals surface area contributed by atoms with Gasteiger partial charge >= 0.3 is 6.03 Å². The molecule has 1 aromatic rings. The molecule has 0 heterocycles. The van der Waals surface area contributed by atoms with Gasteiger partial charge in [-0.1, -0.05) is 32.4 Å². The van der Waals surface area contributed by atoms with Crippen LogP contribution in [0.2, 0.25) is 5.02 Å². The number of aliphatic hydroxyl groups excluding tert-OH is 1. The summed E-state index contributed by atoms with van der Waals surface area (Å²) >= 11 is 5.50. The van der Waals surface area contributed by atoms with Gasteiger partial charge in [-0.15, -0.1) is 0 Å². The van der Waals surface area contributed by atoms with Crippen LogP contribution in [-0.2, 0) is 0 Å². The van der Waals surface area contributed by atoms with Gasteiger partial charge in [0, 0.05) is 5.02 Å². The second-order valence-corrected chi connectivity index (χ2v) is 6.42. The third kappa shape index (κ3) is 5.85. The molecule has 1 aromatic carbocycles. The van der Waals surface area contributed by atoms with Gasteiger partial charge in [-0.3, -0.25) is 0 Å². The van der Waals surface area contributed by atoms with Crippen molar-refractivity contribution in [1.82, 2.24) is 5.32 Å². The fourth-order valence-corrected chi connectivity index (χ4v) is 2.09. The van der Waals surface area contributed by atoms with E-state index in [0.717, 1.165) is 12.1 Å². The van der Waals surface area contributed by atoms with E-state index >= 15 is 0 Å². The Morgan fingerprint density at radius 3 is 2.29 bits per heavy atom. The van der Waals surface area contributed by atoms with Crippen molar-refractivity contribution >= 4 is 23.3 Å². The molecule has 0 aliphatic heterocycles. The lowest BCUT2D eigenvalue weighted by atomic mass is 9.88. The Hall–Kier alpha value is -1.40. The molecule has 1 unspecified atom stereocenters. The first-order valence-electron chi connectivity index (χ1n) is 6.45. The molecular weight excluding hydrogens is 302 g/mol. The van der Waals surface area contributed by atoms with Gasteiger partial charge in [0.15, 0.2) is 11.6 Å². The maximum Gasteiger partial charge on any atom is 0.319 e. The number of carbonyl (C=O) groups excluding carboxylic acids is 1. The molecule has 21 heavy (non-hydrogen) atoms. The normalized spacial score (nSPS) is 12.9. The Kier molecular flexibility index (Phi) is 5.92. The zero-order valence-corrected chi connectivity index (χ0v) is 12.9. The number of aliphatic hydroxyl groups is 1. The summed E-state index contributed by atoms with van der Waals surface area (Å²) in [6.45, 7) is 5.59. The molecular formula is C14H19ClF2N2O2. The van der Waals surface area contributed by atoms with Crippen LogP contribution in [0, 0.1) is 17.0 Å². The molecule has 0 aliphatic rings. The summed E-state index contributed by atoms with van der Waals surface area (Å²) < 4.78 is 27.1. The number of halogens is 3. The molecule has 4 nitrogen and oxygen atoms in total. The van der Waals surface area contributed by atoms with E-state index in [2.05, 4.69) is 10.6 Å². The molecule has 0 spiro atoms. The molecule has 118 valence electrons.